The maximum atomic E-state index is 12.1. The van der Waals surface area contributed by atoms with Gasteiger partial charge in [-0.3, -0.25) is 9.59 Å². The molecule has 1 aromatic carbocycles. The van der Waals surface area contributed by atoms with E-state index in [4.69, 9.17) is 5.73 Å². The molecule has 20 heavy (non-hydrogen) atoms. The second-order valence-corrected chi connectivity index (χ2v) is 5.10. The minimum Gasteiger partial charge on any atom is -0.385 e. The monoisotopic (exact) mass is 277 g/mol. The van der Waals surface area contributed by atoms with Crippen LogP contribution in [0.2, 0.25) is 0 Å². The van der Waals surface area contributed by atoms with Gasteiger partial charge < -0.3 is 16.4 Å². The van der Waals surface area contributed by atoms with Gasteiger partial charge in [0.1, 0.15) is 6.04 Å². The first kappa shape index (κ1) is 16.0. The highest BCUT2D eigenvalue weighted by Gasteiger charge is 2.22. The summed E-state index contributed by atoms with van der Waals surface area (Å²) in [6.07, 6.45) is 1.04. The molecule has 2 amide bonds. The second kappa shape index (κ2) is 7.53. The number of hydrogen-bond acceptors (Lipinski definition) is 3. The number of primary amides is 1. The van der Waals surface area contributed by atoms with E-state index in [0.29, 0.717) is 5.56 Å². The number of hydrogen-bond donors (Lipinski definition) is 3. The number of amides is 2. The Kier molecular flexibility index (Phi) is 6.03. The Morgan fingerprint density at radius 2 is 1.80 bits per heavy atom. The predicted octanol–water partition coefficient (Wildman–Crippen LogP) is 1.75. The fourth-order valence-electron chi connectivity index (χ4n) is 1.80. The molecule has 0 fully saturated rings. The summed E-state index contributed by atoms with van der Waals surface area (Å²) in [7, 11) is 0. The third-order valence-corrected chi connectivity index (χ3v) is 2.99. The summed E-state index contributed by atoms with van der Waals surface area (Å²) >= 11 is 0. The van der Waals surface area contributed by atoms with Crippen LogP contribution in [0.4, 0.5) is 5.69 Å². The number of anilines is 1. The summed E-state index contributed by atoms with van der Waals surface area (Å²) in [5, 5.41) is 5.89. The number of nitrogens with two attached hydrogens (primary N) is 1. The lowest BCUT2D eigenvalue weighted by molar-refractivity contribution is -0.120. The molecule has 0 aliphatic heterocycles. The van der Waals surface area contributed by atoms with E-state index in [1.807, 2.05) is 26.0 Å². The SMILES string of the molecule is CCCNc1ccc(C(=O)NC(C(N)=O)C(C)C)cc1. The van der Waals surface area contributed by atoms with Crippen LogP contribution in [-0.4, -0.2) is 24.4 Å². The van der Waals surface area contributed by atoms with Gasteiger partial charge in [0.2, 0.25) is 5.91 Å². The van der Waals surface area contributed by atoms with Crippen LogP contribution in [0.3, 0.4) is 0 Å². The molecule has 0 heterocycles. The minimum absolute atomic E-state index is 0.0399. The molecule has 0 aromatic heterocycles. The zero-order valence-electron chi connectivity index (χ0n) is 12.3. The van der Waals surface area contributed by atoms with Crippen LogP contribution >= 0.6 is 0 Å². The van der Waals surface area contributed by atoms with Gasteiger partial charge in [-0.25, -0.2) is 0 Å². The molecule has 5 heteroatoms. The number of carbonyl (C=O) groups is 2. The van der Waals surface area contributed by atoms with Crippen LogP contribution in [0, 0.1) is 5.92 Å². The first-order valence-electron chi connectivity index (χ1n) is 6.89. The zero-order chi connectivity index (χ0) is 15.1. The molecule has 5 nitrogen and oxygen atoms in total. The molecule has 1 unspecified atom stereocenters. The van der Waals surface area contributed by atoms with Crippen molar-refractivity contribution in [3.63, 3.8) is 0 Å². The van der Waals surface area contributed by atoms with Crippen molar-refractivity contribution < 1.29 is 9.59 Å². The predicted molar refractivity (Wildman–Crippen MR) is 80.5 cm³/mol. The smallest absolute Gasteiger partial charge is 0.251 e. The van der Waals surface area contributed by atoms with E-state index in [1.54, 1.807) is 12.1 Å². The number of rotatable bonds is 7. The van der Waals surface area contributed by atoms with Crippen molar-refractivity contribution >= 4 is 17.5 Å². The Morgan fingerprint density at radius 3 is 2.25 bits per heavy atom. The average Bonchev–Trinajstić information content (AvgIpc) is 2.42. The van der Waals surface area contributed by atoms with Gasteiger partial charge in [0.05, 0.1) is 0 Å². The largest absolute Gasteiger partial charge is 0.385 e. The molecule has 0 aliphatic carbocycles. The highest BCUT2D eigenvalue weighted by atomic mass is 16.2. The maximum absolute atomic E-state index is 12.1. The molecule has 0 spiro atoms. The summed E-state index contributed by atoms with van der Waals surface area (Å²) in [4.78, 5) is 23.3. The van der Waals surface area contributed by atoms with Crippen molar-refractivity contribution in [2.75, 3.05) is 11.9 Å². The second-order valence-electron chi connectivity index (χ2n) is 5.10. The molecule has 1 rings (SSSR count). The van der Waals surface area contributed by atoms with E-state index < -0.39 is 11.9 Å². The van der Waals surface area contributed by atoms with Crippen molar-refractivity contribution in [1.82, 2.24) is 5.32 Å². The van der Waals surface area contributed by atoms with Crippen molar-refractivity contribution in [1.29, 1.82) is 0 Å². The van der Waals surface area contributed by atoms with E-state index in [0.717, 1.165) is 18.7 Å². The Labute approximate surface area is 119 Å². The molecule has 1 aromatic rings. The Balaban J connectivity index is 2.69. The first-order valence-corrected chi connectivity index (χ1v) is 6.89. The summed E-state index contributed by atoms with van der Waals surface area (Å²) < 4.78 is 0. The quantitative estimate of drug-likeness (QED) is 0.710. The van der Waals surface area contributed by atoms with Crippen LogP contribution in [0.25, 0.3) is 0 Å². The molecule has 0 saturated heterocycles. The summed E-state index contributed by atoms with van der Waals surface area (Å²) in [6.45, 7) is 6.66. The molecule has 0 saturated carbocycles. The van der Waals surface area contributed by atoms with Gasteiger partial charge in [-0.05, 0) is 36.6 Å². The van der Waals surface area contributed by atoms with E-state index in [9.17, 15) is 9.59 Å². The Morgan fingerprint density at radius 1 is 1.20 bits per heavy atom. The van der Waals surface area contributed by atoms with Gasteiger partial charge in [-0.2, -0.15) is 0 Å². The van der Waals surface area contributed by atoms with Crippen LogP contribution in [0.5, 0.6) is 0 Å². The maximum Gasteiger partial charge on any atom is 0.251 e. The van der Waals surface area contributed by atoms with Gasteiger partial charge in [0, 0.05) is 17.8 Å². The normalized spacial score (nSPS) is 12.0. The standard InChI is InChI=1S/C15H23N3O2/c1-4-9-17-12-7-5-11(6-8-12)15(20)18-13(10(2)3)14(16)19/h5-8,10,13,17H,4,9H2,1-3H3,(H2,16,19)(H,18,20). The third-order valence-electron chi connectivity index (χ3n) is 2.99. The first-order chi connectivity index (χ1) is 9.45. The average molecular weight is 277 g/mol. The lowest BCUT2D eigenvalue weighted by Crippen LogP contribution is -2.47. The number of nitrogens with one attached hydrogen (secondary N) is 2. The van der Waals surface area contributed by atoms with Gasteiger partial charge in [-0.1, -0.05) is 20.8 Å². The van der Waals surface area contributed by atoms with Crippen molar-refractivity contribution in [2.45, 2.75) is 33.2 Å². The van der Waals surface area contributed by atoms with Gasteiger partial charge in [0.25, 0.3) is 5.91 Å². The molecular formula is C15H23N3O2. The van der Waals surface area contributed by atoms with Crippen LogP contribution in [0.15, 0.2) is 24.3 Å². The third kappa shape index (κ3) is 4.57. The van der Waals surface area contributed by atoms with Gasteiger partial charge >= 0.3 is 0 Å². The summed E-state index contributed by atoms with van der Waals surface area (Å²) in [6, 6.07) is 6.50. The highest BCUT2D eigenvalue weighted by molar-refractivity contribution is 5.97. The topological polar surface area (TPSA) is 84.2 Å². The van der Waals surface area contributed by atoms with Crippen LogP contribution in [0.1, 0.15) is 37.6 Å². The summed E-state index contributed by atoms with van der Waals surface area (Å²) in [5.74, 6) is -0.846. The van der Waals surface area contributed by atoms with Crippen molar-refractivity contribution in [2.24, 2.45) is 11.7 Å². The van der Waals surface area contributed by atoms with E-state index >= 15 is 0 Å². The van der Waals surface area contributed by atoms with Crippen LogP contribution in [-0.2, 0) is 4.79 Å². The van der Waals surface area contributed by atoms with E-state index in [2.05, 4.69) is 17.6 Å². The fraction of sp³-hybridized carbons (Fsp3) is 0.467. The summed E-state index contributed by atoms with van der Waals surface area (Å²) in [5.41, 5.74) is 6.76. The van der Waals surface area contributed by atoms with Crippen molar-refractivity contribution in [3.05, 3.63) is 29.8 Å². The number of benzene rings is 1. The Hall–Kier alpha value is -2.04. The molecule has 4 N–H and O–H groups in total. The van der Waals surface area contributed by atoms with E-state index in [-0.39, 0.29) is 11.8 Å². The lowest BCUT2D eigenvalue weighted by atomic mass is 10.0. The fourth-order valence-corrected chi connectivity index (χ4v) is 1.80. The minimum atomic E-state index is -0.652. The molecule has 0 bridgehead atoms. The zero-order valence-corrected chi connectivity index (χ0v) is 12.3. The van der Waals surface area contributed by atoms with Gasteiger partial charge in [-0.15, -0.1) is 0 Å². The molecule has 0 radical (unpaired) electrons. The van der Waals surface area contributed by atoms with Crippen molar-refractivity contribution in [3.8, 4) is 0 Å². The van der Waals surface area contributed by atoms with Crippen LogP contribution < -0.4 is 16.4 Å². The molecular weight excluding hydrogens is 254 g/mol. The molecule has 0 aliphatic rings. The lowest BCUT2D eigenvalue weighted by Gasteiger charge is -2.19. The van der Waals surface area contributed by atoms with E-state index in [1.165, 1.54) is 0 Å². The Bertz CT molecular complexity index is 455. The number of carbonyl (C=O) groups excluding carboxylic acids is 2. The molecule has 1 atom stereocenters. The molecule has 110 valence electrons. The highest BCUT2D eigenvalue weighted by Crippen LogP contribution is 2.10. The van der Waals surface area contributed by atoms with Gasteiger partial charge in [0.15, 0.2) is 0 Å².